The van der Waals surface area contributed by atoms with Gasteiger partial charge in [-0.3, -0.25) is 0 Å². The van der Waals surface area contributed by atoms with Gasteiger partial charge in [-0.15, -0.1) is 0 Å². The van der Waals surface area contributed by atoms with Crippen molar-refractivity contribution in [3.63, 3.8) is 0 Å². The molecule has 4 aromatic rings. The van der Waals surface area contributed by atoms with Crippen molar-refractivity contribution in [2.24, 2.45) is 0 Å². The third-order valence-corrected chi connectivity index (χ3v) is 18.1. The van der Waals surface area contributed by atoms with E-state index >= 15 is 0 Å². The van der Waals surface area contributed by atoms with E-state index in [9.17, 15) is 26.3 Å². The summed E-state index contributed by atoms with van der Waals surface area (Å²) < 4.78 is 82.3. The summed E-state index contributed by atoms with van der Waals surface area (Å²) in [5.41, 5.74) is 9.59. The summed E-state index contributed by atoms with van der Waals surface area (Å²) in [5.74, 6) is 0. The van der Waals surface area contributed by atoms with Crippen molar-refractivity contribution in [2.45, 2.75) is 44.1 Å². The monoisotopic (exact) mass is 692 g/mol. The minimum atomic E-state index is -4.37. The number of benzene rings is 4. The molecule has 1 saturated heterocycles. The Morgan fingerprint density at radius 2 is 0.889 bits per heavy atom. The average Bonchev–Trinajstić information content (AvgIpc) is 3.54. The number of alkyl halides is 6. The van der Waals surface area contributed by atoms with E-state index in [1.807, 2.05) is 24.3 Å². The fourth-order valence-electron chi connectivity index (χ4n) is 7.70. The van der Waals surface area contributed by atoms with E-state index in [1.54, 1.807) is 24.3 Å². The van der Waals surface area contributed by atoms with Gasteiger partial charge in [-0.2, -0.15) is 0 Å². The van der Waals surface area contributed by atoms with Crippen molar-refractivity contribution >= 4 is 12.2 Å². The smallest absolute Gasteiger partial charge is 1.00 e. The first-order chi connectivity index (χ1) is 20.4. The molecule has 1 heterocycles. The second-order valence-corrected chi connectivity index (χ2v) is 19.4. The fraction of sp³-hybridized carbons (Fsp3) is 0.222. The number of allylic oxidation sites excluding steroid dienone is 2. The quantitative estimate of drug-likeness (QED) is 0.191. The molecule has 1 fully saturated rings. The number of hydrogen-bond acceptors (Lipinski definition) is 0. The van der Waals surface area contributed by atoms with Gasteiger partial charge >= 0.3 is 251 Å². The topological polar surface area (TPSA) is 0 Å². The summed E-state index contributed by atoms with van der Waals surface area (Å²) in [5, 5.41) is 0. The molecule has 0 amide bonds. The maximum Gasteiger partial charge on any atom is -1.00 e. The molecule has 0 nitrogen and oxygen atoms in total. The molecule has 2 atom stereocenters. The van der Waals surface area contributed by atoms with Crippen molar-refractivity contribution in [2.75, 3.05) is 0 Å². The summed E-state index contributed by atoms with van der Waals surface area (Å²) in [6, 6.07) is 23.3. The largest absolute Gasteiger partial charge is 1.00 e. The molecule has 7 rings (SSSR count). The molecule has 2 aliphatic carbocycles. The molecule has 45 heavy (non-hydrogen) atoms. The van der Waals surface area contributed by atoms with Crippen molar-refractivity contribution < 1.29 is 67.7 Å². The molecule has 232 valence electrons. The molecule has 9 heteroatoms. The van der Waals surface area contributed by atoms with Gasteiger partial charge in [-0.05, 0) is 0 Å². The SMILES string of the molecule is CC1=Cc2c(-c3ccc(C(F)(F)F)cc3)cccc2[CH]1[Ti+2]1([CH]2C(C)=Cc3c(-c4ccc(C(F)(F)F)cc4)cccc32)[CH2][CH2]1.[Cl-].[Cl-]. The van der Waals surface area contributed by atoms with Gasteiger partial charge in [0.2, 0.25) is 0 Å². The maximum atomic E-state index is 13.2. The van der Waals surface area contributed by atoms with Gasteiger partial charge in [-0.1, -0.05) is 0 Å². The molecule has 1 aliphatic heterocycles. The number of hydrogen-bond donors (Lipinski definition) is 0. The minimum Gasteiger partial charge on any atom is -1.00 e. The van der Waals surface area contributed by atoms with Crippen LogP contribution in [0.1, 0.15) is 55.7 Å². The van der Waals surface area contributed by atoms with Crippen LogP contribution >= 0.6 is 0 Å². The molecule has 4 aromatic carbocycles. The Labute approximate surface area is 274 Å². The van der Waals surface area contributed by atoms with Gasteiger partial charge in [0.05, 0.1) is 0 Å². The first-order valence-corrected chi connectivity index (χ1v) is 18.4. The zero-order chi connectivity index (χ0) is 30.3. The second-order valence-electron chi connectivity index (χ2n) is 12.1. The van der Waals surface area contributed by atoms with Crippen LogP contribution in [0.25, 0.3) is 34.4 Å². The van der Waals surface area contributed by atoms with Gasteiger partial charge in [-0.25, -0.2) is 0 Å². The molecular weight excluding hydrogens is 665 g/mol. The molecule has 0 radical (unpaired) electrons. The van der Waals surface area contributed by atoms with E-state index in [1.165, 1.54) is 31.7 Å². The van der Waals surface area contributed by atoms with E-state index in [-0.39, 0.29) is 24.8 Å². The zero-order valence-corrected chi connectivity index (χ0v) is 27.4. The Balaban J connectivity index is 0.00000200. The summed E-state index contributed by atoms with van der Waals surface area (Å²) in [6.45, 7) is 4.39. The summed E-state index contributed by atoms with van der Waals surface area (Å²) in [6.07, 6.45) is -4.27. The van der Waals surface area contributed by atoms with Crippen molar-refractivity contribution in [3.05, 3.63) is 129 Å². The third-order valence-electron chi connectivity index (χ3n) is 9.58. The normalized spacial score (nSPS) is 18.8. The van der Waals surface area contributed by atoms with Crippen LogP contribution in [0.4, 0.5) is 26.3 Å². The van der Waals surface area contributed by atoms with Gasteiger partial charge in [0.25, 0.3) is 0 Å². The van der Waals surface area contributed by atoms with Crippen LogP contribution in [-0.4, -0.2) is 0 Å². The summed E-state index contributed by atoms with van der Waals surface area (Å²) in [4.78, 5) is 0. The van der Waals surface area contributed by atoms with E-state index < -0.39 is 40.1 Å². The van der Waals surface area contributed by atoms with Gasteiger partial charge in [0.15, 0.2) is 0 Å². The Bertz CT molecular complexity index is 1680. The Morgan fingerprint density at radius 3 is 1.20 bits per heavy atom. The van der Waals surface area contributed by atoms with Crippen LogP contribution in [0, 0.1) is 0 Å². The Morgan fingerprint density at radius 1 is 0.533 bits per heavy atom. The molecule has 0 spiro atoms. The Kier molecular flexibility index (Phi) is 8.80. The van der Waals surface area contributed by atoms with Crippen LogP contribution in [0.2, 0.25) is 9.45 Å². The standard InChI is InChI=1S/2C17H12F3.C2H4.2ClH.Ti/c2*1-11-9-13-3-2-4-15(16(13)10-11)12-5-7-14(8-6-12)17(18,19)20;1-2;;;/h2*2-10H,1H3;1-2H2;2*1H;/q;;;;;+2/p-2. The summed E-state index contributed by atoms with van der Waals surface area (Å²) >= 11 is -2.64. The molecular formula is C36H28Cl2F6Ti. The first kappa shape index (κ1) is 33.6. The average molecular weight is 693 g/mol. The van der Waals surface area contributed by atoms with Crippen LogP contribution in [-0.2, 0) is 28.9 Å². The van der Waals surface area contributed by atoms with E-state index in [4.69, 9.17) is 0 Å². The molecule has 0 aromatic heterocycles. The molecule has 0 N–H and O–H groups in total. The van der Waals surface area contributed by atoms with Crippen molar-refractivity contribution in [1.82, 2.24) is 0 Å². The van der Waals surface area contributed by atoms with Crippen LogP contribution in [0.3, 0.4) is 0 Å². The predicted molar refractivity (Wildman–Crippen MR) is 156 cm³/mol. The number of fused-ring (bicyclic) bond motifs is 2. The first-order valence-electron chi connectivity index (χ1n) is 14.4. The fourth-order valence-corrected chi connectivity index (χ4v) is 18.1. The van der Waals surface area contributed by atoms with Gasteiger partial charge in [0.1, 0.15) is 0 Å². The van der Waals surface area contributed by atoms with Crippen molar-refractivity contribution in [1.29, 1.82) is 0 Å². The zero-order valence-electron chi connectivity index (χ0n) is 24.3. The maximum absolute atomic E-state index is 13.2. The molecule has 3 aliphatic rings. The molecule has 0 bridgehead atoms. The Hall–Kier alpha value is -2.77. The molecule has 0 saturated carbocycles. The van der Waals surface area contributed by atoms with Crippen molar-refractivity contribution in [3.8, 4) is 22.3 Å². The second kappa shape index (κ2) is 11.8. The third kappa shape index (κ3) is 5.62. The van der Waals surface area contributed by atoms with Crippen LogP contribution in [0.5, 0.6) is 0 Å². The molecule has 2 unspecified atom stereocenters. The van der Waals surface area contributed by atoms with E-state index in [0.717, 1.165) is 57.6 Å². The summed E-state index contributed by atoms with van der Waals surface area (Å²) in [7, 11) is 0. The van der Waals surface area contributed by atoms with Crippen LogP contribution in [0.15, 0.2) is 96.1 Å². The van der Waals surface area contributed by atoms with Crippen LogP contribution < -0.4 is 24.8 Å². The van der Waals surface area contributed by atoms with E-state index in [2.05, 4.69) is 38.1 Å². The van der Waals surface area contributed by atoms with Gasteiger partial charge in [0, 0.05) is 0 Å². The minimum absolute atomic E-state index is 0. The number of halogens is 8. The predicted octanol–water partition coefficient (Wildman–Crippen LogP) is 5.69. The van der Waals surface area contributed by atoms with E-state index in [0.29, 0.717) is 8.45 Å². The van der Waals surface area contributed by atoms with Gasteiger partial charge < -0.3 is 24.8 Å². The number of rotatable bonds is 4.